The van der Waals surface area contributed by atoms with Crippen molar-refractivity contribution in [2.75, 3.05) is 11.4 Å². The molecule has 1 atom stereocenters. The number of carbonyl (C=O) groups is 2. The first kappa shape index (κ1) is 11.6. The minimum atomic E-state index is -0.915. The highest BCUT2D eigenvalue weighted by molar-refractivity contribution is 5.98. The first-order valence-electron chi connectivity index (χ1n) is 5.67. The Morgan fingerprint density at radius 3 is 3.00 bits per heavy atom. The van der Waals surface area contributed by atoms with Crippen molar-refractivity contribution >= 4 is 17.6 Å². The Hall–Kier alpha value is -1.85. The van der Waals surface area contributed by atoms with Gasteiger partial charge in [0.2, 0.25) is 5.91 Å². The minimum absolute atomic E-state index is 0.0777. The van der Waals surface area contributed by atoms with Gasteiger partial charge in [0, 0.05) is 25.7 Å². The third-order valence-corrected chi connectivity index (χ3v) is 2.86. The molecule has 1 aromatic heterocycles. The summed E-state index contributed by atoms with van der Waals surface area (Å²) >= 11 is 0. The van der Waals surface area contributed by atoms with Gasteiger partial charge in [0.25, 0.3) is 0 Å². The number of rotatable bonds is 4. The zero-order chi connectivity index (χ0) is 12.4. The lowest BCUT2D eigenvalue weighted by Gasteiger charge is -2.12. The van der Waals surface area contributed by atoms with Gasteiger partial charge in [0.1, 0.15) is 0 Å². The molecule has 6 nitrogen and oxygen atoms in total. The van der Waals surface area contributed by atoms with E-state index in [1.807, 2.05) is 6.92 Å². The molecule has 17 heavy (non-hydrogen) atoms. The quantitative estimate of drug-likeness (QED) is 0.837. The van der Waals surface area contributed by atoms with Crippen LogP contribution in [0.3, 0.4) is 0 Å². The number of aryl methyl sites for hydroxylation is 1. The Labute approximate surface area is 98.8 Å². The molecule has 92 valence electrons. The molecule has 2 rings (SSSR count). The first-order valence-corrected chi connectivity index (χ1v) is 5.67. The standard InChI is InChI=1S/C11H15N3O3/c1-2-3-13-7-9(5-12-13)14-6-8(11(16)17)4-10(14)15/h5,7-8H,2-4,6H2,1H3,(H,16,17)/t8-/m1/s1. The molecule has 1 N–H and O–H groups in total. The fourth-order valence-corrected chi connectivity index (χ4v) is 1.97. The molecule has 1 saturated heterocycles. The Morgan fingerprint density at radius 2 is 2.41 bits per heavy atom. The van der Waals surface area contributed by atoms with Gasteiger partial charge in [-0.05, 0) is 6.42 Å². The molecule has 1 aromatic rings. The molecule has 1 aliphatic rings. The van der Waals surface area contributed by atoms with Crippen molar-refractivity contribution < 1.29 is 14.7 Å². The second kappa shape index (κ2) is 4.57. The number of anilines is 1. The van der Waals surface area contributed by atoms with Crippen LogP contribution < -0.4 is 4.90 Å². The summed E-state index contributed by atoms with van der Waals surface area (Å²) in [6.45, 7) is 3.08. The van der Waals surface area contributed by atoms with Gasteiger partial charge in [-0.2, -0.15) is 5.10 Å². The van der Waals surface area contributed by atoms with Gasteiger partial charge in [0.05, 0.1) is 17.8 Å². The SMILES string of the molecule is CCCn1cc(N2C[C@H](C(=O)O)CC2=O)cn1. The van der Waals surface area contributed by atoms with Crippen molar-refractivity contribution in [3.63, 3.8) is 0 Å². The molecule has 0 bridgehead atoms. The van der Waals surface area contributed by atoms with Gasteiger partial charge in [-0.3, -0.25) is 14.3 Å². The summed E-state index contributed by atoms with van der Waals surface area (Å²) < 4.78 is 1.76. The van der Waals surface area contributed by atoms with E-state index >= 15 is 0 Å². The Morgan fingerprint density at radius 1 is 1.65 bits per heavy atom. The van der Waals surface area contributed by atoms with Gasteiger partial charge in [0.15, 0.2) is 0 Å². The zero-order valence-corrected chi connectivity index (χ0v) is 9.67. The van der Waals surface area contributed by atoms with Crippen LogP contribution in [0.1, 0.15) is 19.8 Å². The molecule has 0 aromatic carbocycles. The maximum atomic E-state index is 11.7. The van der Waals surface area contributed by atoms with E-state index in [0.29, 0.717) is 5.69 Å². The van der Waals surface area contributed by atoms with Gasteiger partial charge < -0.3 is 10.0 Å². The van der Waals surface area contributed by atoms with Gasteiger partial charge in [-0.25, -0.2) is 0 Å². The van der Waals surface area contributed by atoms with E-state index in [-0.39, 0.29) is 18.9 Å². The third kappa shape index (κ3) is 2.30. The molecule has 1 aliphatic heterocycles. The summed E-state index contributed by atoms with van der Waals surface area (Å²) in [4.78, 5) is 24.0. The molecular formula is C11H15N3O3. The fourth-order valence-electron chi connectivity index (χ4n) is 1.97. The van der Waals surface area contributed by atoms with Crippen molar-refractivity contribution in [2.45, 2.75) is 26.3 Å². The van der Waals surface area contributed by atoms with Gasteiger partial charge in [-0.15, -0.1) is 0 Å². The Balaban J connectivity index is 2.11. The second-order valence-corrected chi connectivity index (χ2v) is 4.21. The largest absolute Gasteiger partial charge is 0.481 e. The normalized spacial score (nSPS) is 19.9. The highest BCUT2D eigenvalue weighted by Crippen LogP contribution is 2.24. The van der Waals surface area contributed by atoms with Crippen LogP contribution in [0.25, 0.3) is 0 Å². The van der Waals surface area contributed by atoms with Crippen molar-refractivity contribution in [3.8, 4) is 0 Å². The second-order valence-electron chi connectivity index (χ2n) is 4.21. The molecule has 2 heterocycles. The number of carboxylic acid groups (broad SMARTS) is 1. The predicted octanol–water partition coefficient (Wildman–Crippen LogP) is 0.731. The van der Waals surface area contributed by atoms with E-state index in [4.69, 9.17) is 5.11 Å². The van der Waals surface area contributed by atoms with Crippen molar-refractivity contribution in [1.82, 2.24) is 9.78 Å². The van der Waals surface area contributed by atoms with Crippen molar-refractivity contribution in [2.24, 2.45) is 5.92 Å². The molecular weight excluding hydrogens is 222 g/mol. The Bertz CT molecular complexity index is 441. The Kier molecular flexibility index (Phi) is 3.12. The van der Waals surface area contributed by atoms with Crippen LogP contribution in [0.4, 0.5) is 5.69 Å². The maximum Gasteiger partial charge on any atom is 0.308 e. The number of aliphatic carboxylic acids is 1. The number of carboxylic acids is 1. The zero-order valence-electron chi connectivity index (χ0n) is 9.67. The molecule has 0 saturated carbocycles. The van der Waals surface area contributed by atoms with E-state index in [1.165, 1.54) is 4.90 Å². The average Bonchev–Trinajstić information content (AvgIpc) is 2.85. The van der Waals surface area contributed by atoms with E-state index in [1.54, 1.807) is 17.1 Å². The fraction of sp³-hybridized carbons (Fsp3) is 0.545. The maximum absolute atomic E-state index is 11.7. The molecule has 1 amide bonds. The minimum Gasteiger partial charge on any atom is -0.481 e. The number of nitrogens with zero attached hydrogens (tertiary/aromatic N) is 3. The van der Waals surface area contributed by atoms with Crippen molar-refractivity contribution in [1.29, 1.82) is 0 Å². The number of aromatic nitrogens is 2. The van der Waals surface area contributed by atoms with Crippen LogP contribution in [0.2, 0.25) is 0 Å². The first-order chi connectivity index (χ1) is 8.11. The summed E-state index contributed by atoms with van der Waals surface area (Å²) in [6, 6.07) is 0. The molecule has 0 radical (unpaired) electrons. The third-order valence-electron chi connectivity index (χ3n) is 2.86. The van der Waals surface area contributed by atoms with Crippen LogP contribution in [-0.4, -0.2) is 33.3 Å². The lowest BCUT2D eigenvalue weighted by Crippen LogP contribution is -2.25. The summed E-state index contributed by atoms with van der Waals surface area (Å²) in [5, 5.41) is 13.0. The van der Waals surface area contributed by atoms with Crippen LogP contribution in [-0.2, 0) is 16.1 Å². The lowest BCUT2D eigenvalue weighted by atomic mass is 10.1. The topological polar surface area (TPSA) is 75.4 Å². The van der Waals surface area contributed by atoms with E-state index < -0.39 is 11.9 Å². The number of hydrogen-bond acceptors (Lipinski definition) is 3. The van der Waals surface area contributed by atoms with Crippen molar-refractivity contribution in [3.05, 3.63) is 12.4 Å². The molecule has 0 unspecified atom stereocenters. The van der Waals surface area contributed by atoms with E-state index in [9.17, 15) is 9.59 Å². The highest BCUT2D eigenvalue weighted by Gasteiger charge is 2.35. The molecule has 1 fully saturated rings. The molecule has 0 spiro atoms. The van der Waals surface area contributed by atoms with Crippen LogP contribution in [0, 0.1) is 5.92 Å². The number of hydrogen-bond donors (Lipinski definition) is 1. The summed E-state index contributed by atoms with van der Waals surface area (Å²) in [5.41, 5.74) is 0.687. The van der Waals surface area contributed by atoms with Crippen LogP contribution >= 0.6 is 0 Å². The van der Waals surface area contributed by atoms with Crippen LogP contribution in [0.15, 0.2) is 12.4 Å². The predicted molar refractivity (Wildman–Crippen MR) is 60.6 cm³/mol. The van der Waals surface area contributed by atoms with Crippen LogP contribution in [0.5, 0.6) is 0 Å². The molecule has 0 aliphatic carbocycles. The monoisotopic (exact) mass is 237 g/mol. The number of carbonyl (C=O) groups excluding carboxylic acids is 1. The summed E-state index contributed by atoms with van der Waals surface area (Å²) in [5.74, 6) is -1.66. The van der Waals surface area contributed by atoms with E-state index in [0.717, 1.165) is 13.0 Å². The average molecular weight is 237 g/mol. The lowest BCUT2D eigenvalue weighted by molar-refractivity contribution is -0.141. The molecule has 6 heteroatoms. The summed E-state index contributed by atoms with van der Waals surface area (Å²) in [7, 11) is 0. The highest BCUT2D eigenvalue weighted by atomic mass is 16.4. The van der Waals surface area contributed by atoms with Gasteiger partial charge in [-0.1, -0.05) is 6.92 Å². The summed E-state index contributed by atoms with van der Waals surface area (Å²) in [6.07, 6.45) is 4.44. The smallest absolute Gasteiger partial charge is 0.308 e. The van der Waals surface area contributed by atoms with Gasteiger partial charge >= 0.3 is 5.97 Å². The number of amides is 1. The van der Waals surface area contributed by atoms with E-state index in [2.05, 4.69) is 5.10 Å².